The predicted molar refractivity (Wildman–Crippen MR) is 77.0 cm³/mol. The Morgan fingerprint density at radius 3 is 2.24 bits per heavy atom. The molecule has 1 heterocycles. The molecule has 1 aromatic heterocycles. The van der Waals surface area contributed by atoms with E-state index in [1.165, 1.54) is 0 Å². The van der Waals surface area contributed by atoms with Crippen molar-refractivity contribution >= 4 is 11.8 Å². The number of benzene rings is 1. The molecular weight excluding hydrogens is 270 g/mol. The molecule has 0 bridgehead atoms. The molecule has 0 fully saturated rings. The Labute approximate surface area is 122 Å². The molecule has 0 aliphatic heterocycles. The van der Waals surface area contributed by atoms with Crippen LogP contribution in [0.1, 0.15) is 32.4 Å². The largest absolute Gasteiger partial charge is 0.350 e. The van der Waals surface area contributed by atoms with Crippen molar-refractivity contribution in [1.29, 1.82) is 0 Å². The number of hydrogen-bond acceptors (Lipinski definition) is 4. The first-order valence-electron chi connectivity index (χ1n) is 6.58. The van der Waals surface area contributed by atoms with E-state index in [2.05, 4.69) is 25.8 Å². The molecule has 1 aromatic carbocycles. The van der Waals surface area contributed by atoms with E-state index in [-0.39, 0.29) is 17.6 Å². The summed E-state index contributed by atoms with van der Waals surface area (Å²) in [5, 5.41) is 11.7. The maximum atomic E-state index is 11.8. The van der Waals surface area contributed by atoms with E-state index in [0.29, 0.717) is 24.5 Å². The van der Waals surface area contributed by atoms with Crippen LogP contribution < -0.4 is 10.6 Å². The second-order valence-corrected chi connectivity index (χ2v) is 4.62. The summed E-state index contributed by atoms with van der Waals surface area (Å²) in [7, 11) is 0. The van der Waals surface area contributed by atoms with Crippen molar-refractivity contribution in [2.45, 2.75) is 13.8 Å². The Morgan fingerprint density at radius 2 is 1.67 bits per heavy atom. The fourth-order valence-corrected chi connectivity index (χ4v) is 1.68. The number of carbonyl (C=O) groups is 2. The van der Waals surface area contributed by atoms with Crippen LogP contribution in [-0.4, -0.2) is 40.1 Å². The van der Waals surface area contributed by atoms with Gasteiger partial charge in [-0.15, -0.1) is 5.10 Å². The lowest BCUT2D eigenvalue weighted by atomic mass is 10.1. The lowest BCUT2D eigenvalue weighted by molar-refractivity contribution is 0.0922. The van der Waals surface area contributed by atoms with Crippen LogP contribution in [0.4, 0.5) is 0 Å². The highest BCUT2D eigenvalue weighted by atomic mass is 16.2. The third-order valence-electron chi connectivity index (χ3n) is 2.81. The highest BCUT2D eigenvalue weighted by Crippen LogP contribution is 2.02. The molecule has 0 saturated heterocycles. The summed E-state index contributed by atoms with van der Waals surface area (Å²) in [6, 6.07) is 7.28. The third kappa shape index (κ3) is 4.13. The van der Waals surface area contributed by atoms with Crippen LogP contribution in [0.25, 0.3) is 0 Å². The topological polar surface area (TPSA) is 99.8 Å². The Balaban J connectivity index is 1.73. The highest BCUT2D eigenvalue weighted by Gasteiger charge is 2.10. The van der Waals surface area contributed by atoms with Gasteiger partial charge in [0, 0.05) is 18.7 Å². The van der Waals surface area contributed by atoms with Crippen LogP contribution in [0.2, 0.25) is 0 Å². The molecule has 2 rings (SSSR count). The molecule has 0 spiro atoms. The minimum atomic E-state index is -0.371. The fourth-order valence-electron chi connectivity index (χ4n) is 1.68. The van der Waals surface area contributed by atoms with E-state index in [4.69, 9.17) is 0 Å². The fraction of sp³-hybridized carbons (Fsp3) is 0.286. The van der Waals surface area contributed by atoms with E-state index >= 15 is 0 Å². The van der Waals surface area contributed by atoms with Crippen molar-refractivity contribution in [2.24, 2.45) is 0 Å². The molecule has 0 aliphatic rings. The van der Waals surface area contributed by atoms with Crippen molar-refractivity contribution in [2.75, 3.05) is 13.1 Å². The molecule has 0 atom stereocenters. The van der Waals surface area contributed by atoms with Gasteiger partial charge in [-0.3, -0.25) is 14.7 Å². The Bertz CT molecular complexity index is 633. The summed E-state index contributed by atoms with van der Waals surface area (Å²) in [4.78, 5) is 27.4. The summed E-state index contributed by atoms with van der Waals surface area (Å²) in [6.45, 7) is 4.32. The minimum Gasteiger partial charge on any atom is -0.350 e. The monoisotopic (exact) mass is 287 g/mol. The SMILES string of the molecule is Cc1ccc(C(=O)NCCNC(=O)c2n[nH]c(C)n2)cc1. The summed E-state index contributed by atoms with van der Waals surface area (Å²) < 4.78 is 0. The van der Waals surface area contributed by atoms with Gasteiger partial charge in [0.15, 0.2) is 0 Å². The third-order valence-corrected chi connectivity index (χ3v) is 2.81. The average molecular weight is 287 g/mol. The zero-order valence-electron chi connectivity index (χ0n) is 11.9. The first kappa shape index (κ1) is 14.7. The van der Waals surface area contributed by atoms with Gasteiger partial charge in [0.25, 0.3) is 11.8 Å². The molecule has 0 radical (unpaired) electrons. The van der Waals surface area contributed by atoms with Crippen LogP contribution in [0.15, 0.2) is 24.3 Å². The number of nitrogens with zero attached hydrogens (tertiary/aromatic N) is 2. The number of carbonyl (C=O) groups excluding carboxylic acids is 2. The second kappa shape index (κ2) is 6.65. The molecular formula is C14H17N5O2. The van der Waals surface area contributed by atoms with Crippen LogP contribution in [0.3, 0.4) is 0 Å². The number of hydrogen-bond donors (Lipinski definition) is 3. The number of aromatic nitrogens is 3. The Hall–Kier alpha value is -2.70. The standard InChI is InChI=1S/C14H17N5O2/c1-9-3-5-11(6-4-9)13(20)15-7-8-16-14(21)12-17-10(2)18-19-12/h3-6H,7-8H2,1-2H3,(H,15,20)(H,16,21)(H,17,18,19). The number of nitrogens with one attached hydrogen (secondary N) is 3. The van der Waals surface area contributed by atoms with Crippen molar-refractivity contribution < 1.29 is 9.59 Å². The Morgan fingerprint density at radius 1 is 1.05 bits per heavy atom. The zero-order valence-corrected chi connectivity index (χ0v) is 11.9. The van der Waals surface area contributed by atoms with E-state index in [1.807, 2.05) is 19.1 Å². The summed E-state index contributed by atoms with van der Waals surface area (Å²) >= 11 is 0. The maximum absolute atomic E-state index is 11.8. The van der Waals surface area contributed by atoms with Crippen LogP contribution in [0, 0.1) is 13.8 Å². The molecule has 2 aromatic rings. The van der Waals surface area contributed by atoms with Gasteiger partial charge in [-0.2, -0.15) is 0 Å². The van der Waals surface area contributed by atoms with E-state index < -0.39 is 0 Å². The van der Waals surface area contributed by atoms with Crippen LogP contribution >= 0.6 is 0 Å². The molecule has 3 N–H and O–H groups in total. The first-order valence-corrected chi connectivity index (χ1v) is 6.58. The van der Waals surface area contributed by atoms with Gasteiger partial charge in [-0.05, 0) is 26.0 Å². The van der Waals surface area contributed by atoms with Crippen molar-refractivity contribution in [3.8, 4) is 0 Å². The molecule has 21 heavy (non-hydrogen) atoms. The molecule has 110 valence electrons. The highest BCUT2D eigenvalue weighted by molar-refractivity contribution is 5.94. The van der Waals surface area contributed by atoms with E-state index in [9.17, 15) is 9.59 Å². The smallest absolute Gasteiger partial charge is 0.291 e. The van der Waals surface area contributed by atoms with Gasteiger partial charge in [0.2, 0.25) is 5.82 Å². The second-order valence-electron chi connectivity index (χ2n) is 4.62. The predicted octanol–water partition coefficient (Wildman–Crippen LogP) is 0.581. The molecule has 7 heteroatoms. The van der Waals surface area contributed by atoms with E-state index in [1.54, 1.807) is 19.1 Å². The summed E-state index contributed by atoms with van der Waals surface area (Å²) in [5.74, 6) is 0.132. The lowest BCUT2D eigenvalue weighted by Crippen LogP contribution is -2.35. The van der Waals surface area contributed by atoms with Gasteiger partial charge < -0.3 is 10.6 Å². The molecule has 7 nitrogen and oxygen atoms in total. The molecule has 2 amide bonds. The lowest BCUT2D eigenvalue weighted by Gasteiger charge is -2.06. The van der Waals surface area contributed by atoms with E-state index in [0.717, 1.165) is 5.56 Å². The maximum Gasteiger partial charge on any atom is 0.291 e. The van der Waals surface area contributed by atoms with Gasteiger partial charge in [-0.25, -0.2) is 4.98 Å². The van der Waals surface area contributed by atoms with Crippen LogP contribution in [-0.2, 0) is 0 Å². The van der Waals surface area contributed by atoms with Gasteiger partial charge >= 0.3 is 0 Å². The zero-order chi connectivity index (χ0) is 15.2. The number of rotatable bonds is 5. The normalized spacial score (nSPS) is 10.2. The van der Waals surface area contributed by atoms with Crippen molar-refractivity contribution in [3.63, 3.8) is 0 Å². The summed E-state index contributed by atoms with van der Waals surface area (Å²) in [5.41, 5.74) is 1.69. The Kier molecular flexibility index (Phi) is 4.65. The van der Waals surface area contributed by atoms with Crippen LogP contribution in [0.5, 0.6) is 0 Å². The number of amides is 2. The van der Waals surface area contributed by atoms with Gasteiger partial charge in [-0.1, -0.05) is 17.7 Å². The summed E-state index contributed by atoms with van der Waals surface area (Å²) in [6.07, 6.45) is 0. The van der Waals surface area contributed by atoms with Gasteiger partial charge in [0.05, 0.1) is 0 Å². The van der Waals surface area contributed by atoms with Crippen molar-refractivity contribution in [3.05, 3.63) is 47.0 Å². The quantitative estimate of drug-likeness (QED) is 0.700. The first-order chi connectivity index (χ1) is 10.1. The molecule has 0 saturated carbocycles. The van der Waals surface area contributed by atoms with Gasteiger partial charge in [0.1, 0.15) is 5.82 Å². The molecule has 0 aliphatic carbocycles. The number of aryl methyl sites for hydroxylation is 2. The number of aromatic amines is 1. The molecule has 0 unspecified atom stereocenters. The average Bonchev–Trinajstić information content (AvgIpc) is 2.90. The number of H-pyrrole nitrogens is 1. The minimum absolute atomic E-state index is 0.0948. The van der Waals surface area contributed by atoms with Crippen molar-refractivity contribution in [1.82, 2.24) is 25.8 Å².